The van der Waals surface area contributed by atoms with Crippen LogP contribution in [-0.4, -0.2) is 25.7 Å². The van der Waals surface area contributed by atoms with Crippen LogP contribution in [0.1, 0.15) is 28.3 Å². The second-order valence-corrected chi connectivity index (χ2v) is 7.83. The van der Waals surface area contributed by atoms with Crippen molar-refractivity contribution in [3.05, 3.63) is 49.4 Å². The smallest absolute Gasteiger partial charge is 0.348 e. The molecule has 1 atom stereocenters. The van der Waals surface area contributed by atoms with E-state index in [-0.39, 0.29) is 18.5 Å². The number of thiophene rings is 2. The van der Waals surface area contributed by atoms with Crippen LogP contribution in [-0.2, 0) is 11.3 Å². The summed E-state index contributed by atoms with van der Waals surface area (Å²) < 4.78 is 2.25. The Morgan fingerprint density at radius 3 is 2.79 bits per heavy atom. The maximum absolute atomic E-state index is 12.2. The molecule has 0 aliphatic rings. The van der Waals surface area contributed by atoms with Crippen LogP contribution in [0.3, 0.4) is 0 Å². The lowest BCUT2D eigenvalue weighted by atomic mass is 10.1. The van der Waals surface area contributed by atoms with Crippen molar-refractivity contribution in [2.75, 3.05) is 0 Å². The third-order valence-corrected chi connectivity index (χ3v) is 5.40. The highest BCUT2D eigenvalue weighted by molar-refractivity contribution is 7.12. The minimum absolute atomic E-state index is 0.120. The standard InChI is InChI=1S/C15H17N5O2S2/c1-9-7-12(11(3)24-9)10(2)16-13(21)8-19-15(22)20(18-17-19)14-5-4-6-23-14/h4-7,10H,8H2,1-3H3,(H,16,21). The normalized spacial score (nSPS) is 12.3. The van der Waals surface area contributed by atoms with E-state index in [0.717, 1.165) is 10.2 Å². The Morgan fingerprint density at radius 1 is 1.38 bits per heavy atom. The van der Waals surface area contributed by atoms with Crippen molar-refractivity contribution < 1.29 is 4.79 Å². The Balaban J connectivity index is 1.69. The molecule has 0 bridgehead atoms. The van der Waals surface area contributed by atoms with Crippen LogP contribution in [0.2, 0.25) is 0 Å². The highest BCUT2D eigenvalue weighted by atomic mass is 32.1. The highest BCUT2D eigenvalue weighted by Gasteiger charge is 2.17. The molecule has 1 amide bonds. The zero-order valence-electron chi connectivity index (χ0n) is 13.5. The summed E-state index contributed by atoms with van der Waals surface area (Å²) in [5, 5.41) is 13.0. The quantitative estimate of drug-likeness (QED) is 0.752. The summed E-state index contributed by atoms with van der Waals surface area (Å²) in [5.41, 5.74) is 0.670. The Kier molecular flexibility index (Phi) is 4.63. The SMILES string of the molecule is Cc1cc(C(C)NC(=O)Cn2nnn(-c3cccs3)c2=O)c(C)s1. The van der Waals surface area contributed by atoms with Crippen LogP contribution in [0, 0.1) is 13.8 Å². The first-order chi connectivity index (χ1) is 11.5. The first-order valence-corrected chi connectivity index (χ1v) is 9.08. The second kappa shape index (κ2) is 6.70. The second-order valence-electron chi connectivity index (χ2n) is 5.44. The molecular formula is C15H17N5O2S2. The van der Waals surface area contributed by atoms with Gasteiger partial charge in [0.05, 0.1) is 6.04 Å². The molecular weight excluding hydrogens is 346 g/mol. The zero-order valence-corrected chi connectivity index (χ0v) is 15.1. The van der Waals surface area contributed by atoms with Gasteiger partial charge in [0.1, 0.15) is 11.5 Å². The Morgan fingerprint density at radius 2 is 2.17 bits per heavy atom. The topological polar surface area (TPSA) is 81.8 Å². The largest absolute Gasteiger partial charge is 0.369 e. The molecule has 126 valence electrons. The van der Waals surface area contributed by atoms with Gasteiger partial charge < -0.3 is 5.32 Å². The molecule has 3 heterocycles. The summed E-state index contributed by atoms with van der Waals surface area (Å²) in [6, 6.07) is 5.55. The molecule has 3 aromatic heterocycles. The van der Waals surface area contributed by atoms with Gasteiger partial charge in [0, 0.05) is 9.75 Å². The van der Waals surface area contributed by atoms with Crippen molar-refractivity contribution in [1.82, 2.24) is 25.1 Å². The number of aromatic nitrogens is 4. The van der Waals surface area contributed by atoms with Gasteiger partial charge in [-0.1, -0.05) is 0 Å². The third kappa shape index (κ3) is 3.31. The molecule has 0 aromatic carbocycles. The summed E-state index contributed by atoms with van der Waals surface area (Å²) >= 11 is 3.08. The number of hydrogen-bond donors (Lipinski definition) is 1. The minimum Gasteiger partial charge on any atom is -0.348 e. The number of amides is 1. The van der Waals surface area contributed by atoms with E-state index in [1.165, 1.54) is 25.8 Å². The molecule has 3 aromatic rings. The van der Waals surface area contributed by atoms with Gasteiger partial charge in [-0.3, -0.25) is 4.79 Å². The zero-order chi connectivity index (χ0) is 17.3. The van der Waals surface area contributed by atoms with Gasteiger partial charge in [-0.2, -0.15) is 9.36 Å². The molecule has 1 N–H and O–H groups in total. The van der Waals surface area contributed by atoms with E-state index in [0.29, 0.717) is 5.00 Å². The maximum Gasteiger partial charge on any atom is 0.369 e. The Hall–Kier alpha value is -2.26. The van der Waals surface area contributed by atoms with Gasteiger partial charge in [0.25, 0.3) is 0 Å². The summed E-state index contributed by atoms with van der Waals surface area (Å²) in [5.74, 6) is -0.272. The van der Waals surface area contributed by atoms with Crippen LogP contribution >= 0.6 is 22.7 Å². The lowest BCUT2D eigenvalue weighted by Gasteiger charge is -2.13. The maximum atomic E-state index is 12.2. The highest BCUT2D eigenvalue weighted by Crippen LogP contribution is 2.26. The number of nitrogens with zero attached hydrogens (tertiary/aromatic N) is 4. The van der Waals surface area contributed by atoms with E-state index >= 15 is 0 Å². The van der Waals surface area contributed by atoms with E-state index in [1.807, 2.05) is 32.2 Å². The molecule has 0 radical (unpaired) electrons. The molecule has 0 saturated carbocycles. The van der Waals surface area contributed by atoms with Gasteiger partial charge in [-0.25, -0.2) is 4.79 Å². The summed E-state index contributed by atoms with van der Waals surface area (Å²) in [6.45, 7) is 5.85. The number of hydrogen-bond acceptors (Lipinski definition) is 6. The van der Waals surface area contributed by atoms with Crippen LogP contribution in [0.15, 0.2) is 28.4 Å². The molecule has 9 heteroatoms. The van der Waals surface area contributed by atoms with Crippen molar-refractivity contribution in [1.29, 1.82) is 0 Å². The van der Waals surface area contributed by atoms with Gasteiger partial charge in [0.2, 0.25) is 5.91 Å². The summed E-state index contributed by atoms with van der Waals surface area (Å²) in [6.07, 6.45) is 0. The van der Waals surface area contributed by atoms with Crippen LogP contribution in [0.25, 0.3) is 5.00 Å². The molecule has 0 spiro atoms. The third-order valence-electron chi connectivity index (χ3n) is 3.57. The number of rotatable bonds is 5. The van der Waals surface area contributed by atoms with Gasteiger partial charge in [-0.05, 0) is 60.3 Å². The number of nitrogens with one attached hydrogen (secondary N) is 1. The van der Waals surface area contributed by atoms with Crippen molar-refractivity contribution in [2.45, 2.75) is 33.4 Å². The Labute approximate surface area is 146 Å². The van der Waals surface area contributed by atoms with E-state index in [4.69, 9.17) is 0 Å². The van der Waals surface area contributed by atoms with Crippen LogP contribution in [0.5, 0.6) is 0 Å². The molecule has 0 aliphatic heterocycles. The van der Waals surface area contributed by atoms with Gasteiger partial charge >= 0.3 is 5.69 Å². The van der Waals surface area contributed by atoms with Gasteiger partial charge in [0.15, 0.2) is 0 Å². The predicted octanol–water partition coefficient (Wildman–Crippen LogP) is 2.05. The molecule has 24 heavy (non-hydrogen) atoms. The lowest BCUT2D eigenvalue weighted by Crippen LogP contribution is -2.34. The minimum atomic E-state index is -0.428. The van der Waals surface area contributed by atoms with E-state index in [9.17, 15) is 9.59 Å². The number of carbonyl (C=O) groups excluding carboxylic acids is 1. The summed E-state index contributed by atoms with van der Waals surface area (Å²) in [4.78, 5) is 26.9. The fourth-order valence-electron chi connectivity index (χ4n) is 2.48. The molecule has 3 rings (SSSR count). The molecule has 1 unspecified atom stereocenters. The molecule has 7 nitrogen and oxygen atoms in total. The lowest BCUT2D eigenvalue weighted by molar-refractivity contribution is -0.122. The fraction of sp³-hybridized carbons (Fsp3) is 0.333. The van der Waals surface area contributed by atoms with Crippen LogP contribution in [0.4, 0.5) is 0 Å². The van der Waals surface area contributed by atoms with Crippen molar-refractivity contribution in [3.63, 3.8) is 0 Å². The van der Waals surface area contributed by atoms with E-state index in [1.54, 1.807) is 17.4 Å². The molecule has 0 aliphatic carbocycles. The van der Waals surface area contributed by atoms with Crippen molar-refractivity contribution in [2.24, 2.45) is 0 Å². The first-order valence-electron chi connectivity index (χ1n) is 7.38. The van der Waals surface area contributed by atoms with Crippen molar-refractivity contribution >= 4 is 28.6 Å². The van der Waals surface area contributed by atoms with E-state index < -0.39 is 5.69 Å². The first kappa shape index (κ1) is 16.6. The fourth-order valence-corrected chi connectivity index (χ4v) is 4.17. The van der Waals surface area contributed by atoms with Crippen LogP contribution < -0.4 is 11.0 Å². The average molecular weight is 363 g/mol. The predicted molar refractivity (Wildman–Crippen MR) is 93.8 cm³/mol. The number of carbonyl (C=O) groups is 1. The number of aryl methyl sites for hydroxylation is 2. The van der Waals surface area contributed by atoms with E-state index in [2.05, 4.69) is 21.8 Å². The average Bonchev–Trinajstić information content (AvgIpc) is 3.21. The van der Waals surface area contributed by atoms with Gasteiger partial charge in [-0.15, -0.1) is 22.7 Å². The Bertz CT molecular complexity index is 907. The summed E-state index contributed by atoms with van der Waals surface area (Å²) in [7, 11) is 0. The molecule has 0 saturated heterocycles. The monoisotopic (exact) mass is 363 g/mol. The number of tetrazole rings is 1. The van der Waals surface area contributed by atoms with Crippen molar-refractivity contribution in [3.8, 4) is 5.00 Å². The molecule has 0 fully saturated rings.